The highest BCUT2D eigenvalue weighted by Gasteiger charge is 2.47. The number of nitrogens with zero attached hydrogens (tertiary/aromatic N) is 1. The first-order valence-electron chi connectivity index (χ1n) is 15.7. The molecular weight excluding hydrogens is 649 g/mol. The Labute approximate surface area is 278 Å². The van der Waals surface area contributed by atoms with E-state index in [9.17, 15) is 26.8 Å². The third-order valence-corrected chi connectivity index (χ3v) is 11.2. The Bertz CT molecular complexity index is 1700. The minimum Gasteiger partial charge on any atom is -0.453 e. The Balaban J connectivity index is 1.45. The molecule has 5 rings (SSSR count). The second-order valence-corrected chi connectivity index (χ2v) is 13.9. The number of hydrogen-bond acceptors (Lipinski definition) is 7. The van der Waals surface area contributed by atoms with E-state index in [0.717, 1.165) is 19.2 Å². The van der Waals surface area contributed by atoms with E-state index in [2.05, 4.69) is 16.0 Å². The molecule has 0 aliphatic carbocycles. The van der Waals surface area contributed by atoms with Gasteiger partial charge in [0.25, 0.3) is 0 Å². The zero-order valence-electron chi connectivity index (χ0n) is 26.7. The quantitative estimate of drug-likeness (QED) is 0.287. The molecule has 3 aromatic rings. The summed E-state index contributed by atoms with van der Waals surface area (Å²) in [5, 5.41) is 8.54. The number of anilines is 1. The van der Waals surface area contributed by atoms with E-state index in [1.807, 2.05) is 0 Å². The predicted molar refractivity (Wildman–Crippen MR) is 172 cm³/mol. The normalized spacial score (nSPS) is 20.4. The topological polar surface area (TPSA) is 126 Å². The Kier molecular flexibility index (Phi) is 11.1. The van der Waals surface area contributed by atoms with Crippen LogP contribution in [-0.2, 0) is 36.1 Å². The van der Waals surface area contributed by atoms with Gasteiger partial charge in [0.1, 0.15) is 23.5 Å². The number of piperazine rings is 1. The molecule has 2 fully saturated rings. The molecule has 2 aliphatic rings. The average molecular weight is 689 g/mol. The lowest BCUT2D eigenvalue weighted by atomic mass is 9.68. The van der Waals surface area contributed by atoms with Crippen LogP contribution in [0.4, 0.5) is 23.7 Å². The van der Waals surface area contributed by atoms with Crippen molar-refractivity contribution in [2.75, 3.05) is 38.7 Å². The first kappa shape index (κ1) is 35.3. The van der Waals surface area contributed by atoms with E-state index >= 15 is 4.39 Å². The average Bonchev–Trinajstić information content (AvgIpc) is 3.07. The van der Waals surface area contributed by atoms with Crippen LogP contribution in [0, 0.1) is 17.5 Å². The third-order valence-electron chi connectivity index (χ3n) is 9.12. The van der Waals surface area contributed by atoms with Gasteiger partial charge in [-0.25, -0.2) is 26.4 Å². The molecule has 258 valence electrons. The molecule has 0 bridgehead atoms. The summed E-state index contributed by atoms with van der Waals surface area (Å²) < 4.78 is 83.6. The molecule has 0 radical (unpaired) electrons. The van der Waals surface area contributed by atoms with Gasteiger partial charge in [0.15, 0.2) is 0 Å². The van der Waals surface area contributed by atoms with Crippen molar-refractivity contribution < 1.29 is 40.7 Å². The van der Waals surface area contributed by atoms with Gasteiger partial charge in [-0.2, -0.15) is 4.31 Å². The standard InChI is InChI=1S/C34H39F3N4O6S/c1-22-20-38-21-26(41(22)48(44,45)27-7-4-3-5-8-27)11-12-28-29(37)9-6-10-30(28)39-32(42)31(40-33(43)46-2)34(13-15-47-16-14-34)23-17-24(35)19-25(36)18-23/h3-10,17-19,22,26,31,38H,11-16,20-21H2,1-2H3,(H,39,42)(H,40,43)/t22-,26-,31+/m0/s1. The van der Waals surface area contributed by atoms with Crippen LogP contribution in [0.3, 0.4) is 0 Å². The molecule has 0 aromatic heterocycles. The van der Waals surface area contributed by atoms with Crippen LogP contribution in [-0.4, -0.2) is 76.3 Å². The zero-order chi connectivity index (χ0) is 34.5. The molecule has 3 N–H and O–H groups in total. The maximum absolute atomic E-state index is 15.5. The number of halogens is 3. The number of carbonyl (C=O) groups excluding carboxylic acids is 2. The number of nitrogens with one attached hydrogen (secondary N) is 3. The number of benzene rings is 3. The molecule has 3 atom stereocenters. The van der Waals surface area contributed by atoms with Crippen LogP contribution in [0.15, 0.2) is 71.6 Å². The number of carbonyl (C=O) groups is 2. The Morgan fingerprint density at radius 2 is 1.71 bits per heavy atom. The fourth-order valence-electron chi connectivity index (χ4n) is 6.77. The molecule has 14 heteroatoms. The molecule has 3 aromatic carbocycles. The molecule has 2 saturated heterocycles. The lowest BCUT2D eigenvalue weighted by molar-refractivity contribution is -0.121. The Morgan fingerprint density at radius 1 is 1.02 bits per heavy atom. The monoisotopic (exact) mass is 688 g/mol. The fraction of sp³-hybridized carbons (Fsp3) is 0.412. The number of methoxy groups -OCH3 is 1. The maximum Gasteiger partial charge on any atom is 0.407 e. The molecule has 2 amide bonds. The van der Waals surface area contributed by atoms with Crippen LogP contribution in [0.5, 0.6) is 0 Å². The first-order chi connectivity index (χ1) is 23.0. The molecule has 48 heavy (non-hydrogen) atoms. The van der Waals surface area contributed by atoms with Crippen molar-refractivity contribution in [2.45, 2.75) is 61.0 Å². The minimum atomic E-state index is -3.87. The second kappa shape index (κ2) is 15.1. The van der Waals surface area contributed by atoms with Gasteiger partial charge in [-0.3, -0.25) is 4.79 Å². The van der Waals surface area contributed by atoms with E-state index in [1.54, 1.807) is 25.1 Å². The number of rotatable bonds is 10. The van der Waals surface area contributed by atoms with Crippen LogP contribution in [0.25, 0.3) is 0 Å². The number of sulfonamides is 1. The molecule has 2 heterocycles. The molecular formula is C34H39F3N4O6S. The highest BCUT2D eigenvalue weighted by Crippen LogP contribution is 2.40. The van der Waals surface area contributed by atoms with E-state index in [0.29, 0.717) is 19.2 Å². The SMILES string of the molecule is COC(=O)N[C@H](C(=O)Nc1cccc(F)c1CC[C@H]1CNC[C@H](C)N1S(=O)(=O)c1ccccc1)C1(c2cc(F)cc(F)c2)CCOCC1. The molecule has 10 nitrogen and oxygen atoms in total. The number of hydrogen-bond donors (Lipinski definition) is 3. The predicted octanol–water partition coefficient (Wildman–Crippen LogP) is 4.50. The summed E-state index contributed by atoms with van der Waals surface area (Å²) in [6.07, 6.45) is -0.401. The largest absolute Gasteiger partial charge is 0.453 e. The van der Waals surface area contributed by atoms with E-state index in [1.165, 1.54) is 34.6 Å². The van der Waals surface area contributed by atoms with Gasteiger partial charge in [-0.1, -0.05) is 24.3 Å². The number of alkyl carbamates (subject to hydrolysis) is 1. The van der Waals surface area contributed by atoms with Crippen molar-refractivity contribution in [3.8, 4) is 0 Å². The Morgan fingerprint density at radius 3 is 2.38 bits per heavy atom. The number of ether oxygens (including phenoxy) is 2. The maximum atomic E-state index is 15.5. The van der Waals surface area contributed by atoms with Crippen LogP contribution < -0.4 is 16.0 Å². The van der Waals surface area contributed by atoms with E-state index in [-0.39, 0.29) is 66.6 Å². The smallest absolute Gasteiger partial charge is 0.407 e. The highest BCUT2D eigenvalue weighted by atomic mass is 32.2. The number of amides is 2. The lowest BCUT2D eigenvalue weighted by Gasteiger charge is -2.43. The third kappa shape index (κ3) is 7.51. The van der Waals surface area contributed by atoms with Crippen LogP contribution in [0.2, 0.25) is 0 Å². The summed E-state index contributed by atoms with van der Waals surface area (Å²) in [5.41, 5.74) is -0.907. The van der Waals surface area contributed by atoms with Gasteiger partial charge in [0.05, 0.1) is 12.0 Å². The molecule has 0 saturated carbocycles. The summed E-state index contributed by atoms with van der Waals surface area (Å²) in [4.78, 5) is 26.9. The summed E-state index contributed by atoms with van der Waals surface area (Å²) in [5.74, 6) is -3.08. The van der Waals surface area contributed by atoms with E-state index in [4.69, 9.17) is 9.47 Å². The summed E-state index contributed by atoms with van der Waals surface area (Å²) in [7, 11) is -2.75. The van der Waals surface area contributed by atoms with Crippen molar-refractivity contribution in [1.82, 2.24) is 14.9 Å². The van der Waals surface area contributed by atoms with Crippen molar-refractivity contribution in [1.29, 1.82) is 0 Å². The molecule has 0 unspecified atom stereocenters. The highest BCUT2D eigenvalue weighted by molar-refractivity contribution is 7.89. The Hall–Kier alpha value is -3.98. The molecule has 0 spiro atoms. The summed E-state index contributed by atoms with van der Waals surface area (Å²) in [6.45, 7) is 2.88. The van der Waals surface area contributed by atoms with Gasteiger partial charge in [0, 0.05) is 61.1 Å². The zero-order valence-corrected chi connectivity index (χ0v) is 27.5. The minimum absolute atomic E-state index is 0.0609. The van der Waals surface area contributed by atoms with Gasteiger partial charge in [-0.15, -0.1) is 0 Å². The van der Waals surface area contributed by atoms with E-state index < -0.39 is 57.0 Å². The van der Waals surface area contributed by atoms with Crippen LogP contribution >= 0.6 is 0 Å². The first-order valence-corrected chi connectivity index (χ1v) is 17.2. The van der Waals surface area contributed by atoms with Gasteiger partial charge >= 0.3 is 6.09 Å². The molecule has 2 aliphatic heterocycles. The van der Waals surface area contributed by atoms with Crippen molar-refractivity contribution >= 4 is 27.7 Å². The van der Waals surface area contributed by atoms with Crippen LogP contribution in [0.1, 0.15) is 37.3 Å². The van der Waals surface area contributed by atoms with Crippen molar-refractivity contribution in [2.24, 2.45) is 0 Å². The second-order valence-electron chi connectivity index (χ2n) is 12.1. The van der Waals surface area contributed by atoms with Gasteiger partial charge in [0.2, 0.25) is 15.9 Å². The van der Waals surface area contributed by atoms with Crippen molar-refractivity contribution in [3.63, 3.8) is 0 Å². The summed E-state index contributed by atoms with van der Waals surface area (Å²) in [6, 6.07) is 12.9. The summed E-state index contributed by atoms with van der Waals surface area (Å²) >= 11 is 0. The fourth-order valence-corrected chi connectivity index (χ4v) is 8.64. The lowest BCUT2D eigenvalue weighted by Crippen LogP contribution is -2.59. The van der Waals surface area contributed by atoms with Gasteiger partial charge in [-0.05, 0) is 74.6 Å². The van der Waals surface area contributed by atoms with Gasteiger partial charge < -0.3 is 25.4 Å². The van der Waals surface area contributed by atoms with Crippen molar-refractivity contribution in [3.05, 3.63) is 95.3 Å².